The number of amides is 2. The van der Waals surface area contributed by atoms with Gasteiger partial charge in [0.15, 0.2) is 5.82 Å². The van der Waals surface area contributed by atoms with Crippen LogP contribution in [-0.2, 0) is 29.1 Å². The Kier molecular flexibility index (Phi) is 5.42. The monoisotopic (exact) mass is 394 g/mol. The molecule has 0 radical (unpaired) electrons. The van der Waals surface area contributed by atoms with Crippen molar-refractivity contribution in [1.29, 1.82) is 0 Å². The number of hydrogen-bond donors (Lipinski definition) is 1. The van der Waals surface area contributed by atoms with Crippen molar-refractivity contribution in [2.75, 3.05) is 5.01 Å². The number of nitrogens with zero attached hydrogens (tertiary/aromatic N) is 5. The van der Waals surface area contributed by atoms with Gasteiger partial charge in [-0.25, -0.2) is 5.01 Å². The number of aromatic nitrogens is 3. The second-order valence-corrected chi connectivity index (χ2v) is 7.72. The van der Waals surface area contributed by atoms with Crippen molar-refractivity contribution in [3.8, 4) is 0 Å². The van der Waals surface area contributed by atoms with Crippen molar-refractivity contribution in [3.05, 3.63) is 41.0 Å². The number of carbonyl (C=O) groups is 2. The molecule has 0 atom stereocenters. The fraction of sp³-hybridized carbons (Fsp3) is 0.476. The van der Waals surface area contributed by atoms with Gasteiger partial charge in [-0.1, -0.05) is 18.6 Å². The summed E-state index contributed by atoms with van der Waals surface area (Å²) >= 11 is 0. The molecular weight excluding hydrogens is 368 g/mol. The number of nitrogens with one attached hydrogen (secondary N) is 1. The second kappa shape index (κ2) is 8.14. The van der Waals surface area contributed by atoms with Crippen LogP contribution in [0.3, 0.4) is 0 Å². The van der Waals surface area contributed by atoms with Gasteiger partial charge in [0, 0.05) is 25.8 Å². The Morgan fingerprint density at radius 3 is 2.83 bits per heavy atom. The van der Waals surface area contributed by atoms with Gasteiger partial charge in [0.05, 0.1) is 12.2 Å². The first-order chi connectivity index (χ1) is 14.0. The van der Waals surface area contributed by atoms with Gasteiger partial charge in [-0.2, -0.15) is 5.10 Å². The fourth-order valence-electron chi connectivity index (χ4n) is 3.79. The predicted octanol–water partition coefficient (Wildman–Crippen LogP) is 2.42. The van der Waals surface area contributed by atoms with E-state index in [1.807, 2.05) is 32.0 Å². The lowest BCUT2D eigenvalue weighted by Gasteiger charge is -2.24. The van der Waals surface area contributed by atoms with E-state index in [1.54, 1.807) is 0 Å². The lowest BCUT2D eigenvalue weighted by atomic mass is 10.1. The van der Waals surface area contributed by atoms with Crippen LogP contribution in [0.2, 0.25) is 0 Å². The van der Waals surface area contributed by atoms with Crippen molar-refractivity contribution >= 4 is 23.2 Å². The number of benzene rings is 1. The molecule has 8 heteroatoms. The SMILES string of the molecule is Cc1ccc(C)c(N2N=C(C(=O)NCc3nnc4n3CCCCC4)CCC2=O)c1. The normalized spacial score (nSPS) is 16.8. The second-order valence-electron chi connectivity index (χ2n) is 7.72. The molecule has 152 valence electrons. The van der Waals surface area contributed by atoms with E-state index in [4.69, 9.17) is 0 Å². The highest BCUT2D eigenvalue weighted by atomic mass is 16.2. The van der Waals surface area contributed by atoms with E-state index in [9.17, 15) is 9.59 Å². The molecule has 0 spiro atoms. The van der Waals surface area contributed by atoms with Crippen molar-refractivity contribution in [2.24, 2.45) is 5.10 Å². The first-order valence-electron chi connectivity index (χ1n) is 10.2. The maximum Gasteiger partial charge on any atom is 0.267 e. The average molecular weight is 394 g/mol. The number of fused-ring (bicyclic) bond motifs is 1. The first-order valence-corrected chi connectivity index (χ1v) is 10.2. The van der Waals surface area contributed by atoms with Crippen LogP contribution >= 0.6 is 0 Å². The highest BCUT2D eigenvalue weighted by Crippen LogP contribution is 2.25. The molecule has 2 aliphatic heterocycles. The van der Waals surface area contributed by atoms with Crippen LogP contribution in [0.25, 0.3) is 0 Å². The van der Waals surface area contributed by atoms with Crippen LogP contribution in [0.1, 0.15) is 54.9 Å². The Hall–Kier alpha value is -3.03. The number of aryl methyl sites for hydroxylation is 3. The van der Waals surface area contributed by atoms with E-state index < -0.39 is 0 Å². The Morgan fingerprint density at radius 1 is 1.10 bits per heavy atom. The van der Waals surface area contributed by atoms with Gasteiger partial charge in [-0.3, -0.25) is 9.59 Å². The molecule has 2 amide bonds. The van der Waals surface area contributed by atoms with Gasteiger partial charge in [-0.05, 0) is 43.9 Å². The molecule has 0 saturated heterocycles. The van der Waals surface area contributed by atoms with Crippen LogP contribution in [0, 0.1) is 13.8 Å². The van der Waals surface area contributed by atoms with Crippen molar-refractivity contribution in [2.45, 2.75) is 65.5 Å². The molecular formula is C21H26N6O2. The summed E-state index contributed by atoms with van der Waals surface area (Å²) in [5, 5.41) is 17.2. The third-order valence-corrected chi connectivity index (χ3v) is 5.48. The van der Waals surface area contributed by atoms with Crippen LogP contribution in [0.4, 0.5) is 5.69 Å². The predicted molar refractivity (Wildman–Crippen MR) is 109 cm³/mol. The molecule has 0 unspecified atom stereocenters. The minimum absolute atomic E-state index is 0.0990. The van der Waals surface area contributed by atoms with Gasteiger partial charge >= 0.3 is 0 Å². The molecule has 0 fully saturated rings. The molecule has 1 aromatic heterocycles. The molecule has 1 N–H and O–H groups in total. The van der Waals surface area contributed by atoms with Crippen LogP contribution < -0.4 is 10.3 Å². The van der Waals surface area contributed by atoms with Gasteiger partial charge in [0.25, 0.3) is 5.91 Å². The third-order valence-electron chi connectivity index (χ3n) is 5.48. The number of rotatable bonds is 4. The summed E-state index contributed by atoms with van der Waals surface area (Å²) in [7, 11) is 0. The maximum atomic E-state index is 12.7. The number of hydrogen-bond acceptors (Lipinski definition) is 5. The van der Waals surface area contributed by atoms with E-state index in [2.05, 4.69) is 25.2 Å². The quantitative estimate of drug-likeness (QED) is 0.862. The number of anilines is 1. The van der Waals surface area contributed by atoms with Gasteiger partial charge < -0.3 is 9.88 Å². The van der Waals surface area contributed by atoms with Gasteiger partial charge in [-0.15, -0.1) is 10.2 Å². The van der Waals surface area contributed by atoms with Crippen LogP contribution in [0.5, 0.6) is 0 Å². The molecule has 29 heavy (non-hydrogen) atoms. The smallest absolute Gasteiger partial charge is 0.267 e. The Labute approximate surface area is 170 Å². The molecule has 2 aliphatic rings. The molecule has 1 aromatic carbocycles. The highest BCUT2D eigenvalue weighted by Gasteiger charge is 2.27. The summed E-state index contributed by atoms with van der Waals surface area (Å²) in [6.07, 6.45) is 4.95. The Balaban J connectivity index is 1.49. The topological polar surface area (TPSA) is 92.5 Å². The molecule has 4 rings (SSSR count). The Bertz CT molecular complexity index is 978. The summed E-state index contributed by atoms with van der Waals surface area (Å²) in [5.41, 5.74) is 3.07. The molecule has 2 aromatic rings. The van der Waals surface area contributed by atoms with Gasteiger partial charge in [0.1, 0.15) is 11.5 Å². The molecule has 8 nitrogen and oxygen atoms in total. The summed E-state index contributed by atoms with van der Waals surface area (Å²) in [6.45, 7) is 5.10. The summed E-state index contributed by atoms with van der Waals surface area (Å²) in [4.78, 5) is 25.2. The molecule has 0 bridgehead atoms. The summed E-state index contributed by atoms with van der Waals surface area (Å²) < 4.78 is 2.11. The summed E-state index contributed by atoms with van der Waals surface area (Å²) in [5.74, 6) is 1.40. The summed E-state index contributed by atoms with van der Waals surface area (Å²) in [6, 6.07) is 5.87. The third kappa shape index (κ3) is 4.06. The lowest BCUT2D eigenvalue weighted by molar-refractivity contribution is -0.119. The molecule has 0 aliphatic carbocycles. The van der Waals surface area contributed by atoms with Crippen molar-refractivity contribution in [1.82, 2.24) is 20.1 Å². The zero-order valence-corrected chi connectivity index (χ0v) is 16.9. The van der Waals surface area contributed by atoms with Gasteiger partial charge in [0.2, 0.25) is 5.91 Å². The molecule has 3 heterocycles. The minimum Gasteiger partial charge on any atom is -0.344 e. The maximum absolute atomic E-state index is 12.7. The average Bonchev–Trinajstić information content (AvgIpc) is 2.94. The van der Waals surface area contributed by atoms with Crippen molar-refractivity contribution in [3.63, 3.8) is 0 Å². The number of carbonyl (C=O) groups excluding carboxylic acids is 2. The molecule has 0 saturated carbocycles. The highest BCUT2D eigenvalue weighted by molar-refractivity contribution is 6.40. The van der Waals surface area contributed by atoms with E-state index in [-0.39, 0.29) is 18.2 Å². The zero-order valence-electron chi connectivity index (χ0n) is 16.9. The standard InChI is InChI=1S/C21H26N6O2/c1-14-7-8-15(2)17(12-14)27-20(28)10-9-16(25-27)21(29)22-13-19-24-23-18-6-4-3-5-11-26(18)19/h7-8,12H,3-6,9-11,13H2,1-2H3,(H,22,29). The van der Waals surface area contributed by atoms with Crippen LogP contribution in [0.15, 0.2) is 23.3 Å². The van der Waals surface area contributed by atoms with E-state index in [1.165, 1.54) is 11.4 Å². The van der Waals surface area contributed by atoms with E-state index in [0.29, 0.717) is 18.7 Å². The largest absolute Gasteiger partial charge is 0.344 e. The zero-order chi connectivity index (χ0) is 20.4. The van der Waals surface area contributed by atoms with Crippen LogP contribution in [-0.4, -0.2) is 32.3 Å². The van der Waals surface area contributed by atoms with Crippen molar-refractivity contribution < 1.29 is 9.59 Å². The van der Waals surface area contributed by atoms with E-state index >= 15 is 0 Å². The minimum atomic E-state index is -0.265. The first kappa shape index (κ1) is 19.3. The number of hydrazone groups is 1. The Morgan fingerprint density at radius 2 is 1.97 bits per heavy atom. The lowest BCUT2D eigenvalue weighted by Crippen LogP contribution is -2.39. The fourth-order valence-corrected chi connectivity index (χ4v) is 3.79. The van der Waals surface area contributed by atoms with E-state index in [0.717, 1.165) is 54.3 Å².